The van der Waals surface area contributed by atoms with Crippen molar-refractivity contribution in [1.29, 1.82) is 0 Å². The van der Waals surface area contributed by atoms with Crippen LogP contribution in [-0.2, 0) is 11.8 Å². The Morgan fingerprint density at radius 3 is 2.81 bits per heavy atom. The van der Waals surface area contributed by atoms with Crippen LogP contribution in [0.2, 0.25) is 0 Å². The molecule has 0 bridgehead atoms. The molecule has 136 valence electrons. The summed E-state index contributed by atoms with van der Waals surface area (Å²) in [6, 6.07) is 7.00. The molecule has 1 fully saturated rings. The number of carbonyl (C=O) groups is 2. The third-order valence-electron chi connectivity index (χ3n) is 4.92. The highest BCUT2D eigenvalue weighted by Crippen LogP contribution is 2.42. The molecule has 1 N–H and O–H groups in total. The van der Waals surface area contributed by atoms with Gasteiger partial charge in [0.25, 0.3) is 5.91 Å². The van der Waals surface area contributed by atoms with Gasteiger partial charge in [-0.1, -0.05) is 26.5 Å². The summed E-state index contributed by atoms with van der Waals surface area (Å²) >= 11 is 0. The number of rotatable bonds is 4. The number of anilines is 1. The van der Waals surface area contributed by atoms with Gasteiger partial charge in [-0.05, 0) is 35.3 Å². The highest BCUT2D eigenvalue weighted by molar-refractivity contribution is 6.00. The van der Waals surface area contributed by atoms with Crippen molar-refractivity contribution in [2.75, 3.05) is 18.4 Å². The molecule has 1 aliphatic rings. The number of nitrogens with one attached hydrogen (secondary N) is 1. The molecule has 2 amide bonds. The summed E-state index contributed by atoms with van der Waals surface area (Å²) in [7, 11) is 1.90. The number of aryl methyl sites for hydroxylation is 1. The lowest BCUT2D eigenvalue weighted by Crippen LogP contribution is -2.30. The first-order chi connectivity index (χ1) is 12.3. The maximum absolute atomic E-state index is 13.0. The summed E-state index contributed by atoms with van der Waals surface area (Å²) in [5.41, 5.74) is 2.27. The molecule has 1 saturated heterocycles. The first-order valence-electron chi connectivity index (χ1n) is 8.61. The molecule has 1 aromatic carbocycles. The van der Waals surface area contributed by atoms with Crippen LogP contribution in [0, 0.1) is 5.41 Å². The van der Waals surface area contributed by atoms with E-state index in [-0.39, 0.29) is 23.1 Å². The molecule has 0 spiro atoms. The highest BCUT2D eigenvalue weighted by Gasteiger charge is 2.42. The predicted molar refractivity (Wildman–Crippen MR) is 101 cm³/mol. The van der Waals surface area contributed by atoms with Gasteiger partial charge in [-0.15, -0.1) is 0 Å². The maximum atomic E-state index is 13.0. The van der Waals surface area contributed by atoms with Gasteiger partial charge in [-0.3, -0.25) is 14.3 Å². The van der Waals surface area contributed by atoms with Crippen molar-refractivity contribution in [3.05, 3.63) is 60.4 Å². The molecule has 0 radical (unpaired) electrons. The van der Waals surface area contributed by atoms with Crippen molar-refractivity contribution in [3.63, 3.8) is 0 Å². The van der Waals surface area contributed by atoms with E-state index in [2.05, 4.69) is 30.8 Å². The average Bonchev–Trinajstić information content (AvgIpc) is 3.16. The minimum Gasteiger partial charge on any atom is -0.337 e. The molecule has 6 nitrogen and oxygen atoms in total. The van der Waals surface area contributed by atoms with Crippen LogP contribution in [0.5, 0.6) is 0 Å². The van der Waals surface area contributed by atoms with E-state index in [1.54, 1.807) is 28.9 Å². The first-order valence-corrected chi connectivity index (χ1v) is 8.61. The van der Waals surface area contributed by atoms with Gasteiger partial charge in [0.1, 0.15) is 0 Å². The minimum absolute atomic E-state index is 0.0285. The molecule has 2 aromatic rings. The Hall–Kier alpha value is -2.89. The van der Waals surface area contributed by atoms with Crippen molar-refractivity contribution >= 4 is 17.5 Å². The largest absolute Gasteiger partial charge is 0.337 e. The summed E-state index contributed by atoms with van der Waals surface area (Å²) in [5.74, 6) is -0.0866. The molecule has 26 heavy (non-hydrogen) atoms. The van der Waals surface area contributed by atoms with Gasteiger partial charge in [-0.25, -0.2) is 0 Å². The van der Waals surface area contributed by atoms with E-state index in [0.29, 0.717) is 24.3 Å². The summed E-state index contributed by atoms with van der Waals surface area (Å²) in [5, 5.41) is 6.96. The zero-order valence-corrected chi connectivity index (χ0v) is 15.4. The van der Waals surface area contributed by atoms with Gasteiger partial charge < -0.3 is 10.2 Å². The van der Waals surface area contributed by atoms with Crippen molar-refractivity contribution < 1.29 is 9.59 Å². The molecular weight excluding hydrogens is 328 g/mol. The number of benzene rings is 1. The number of amides is 2. The normalized spacial score (nSPS) is 18.6. The second-order valence-electron chi connectivity index (χ2n) is 7.45. The molecule has 1 atom stereocenters. The lowest BCUT2D eigenvalue weighted by Gasteiger charge is -2.24. The number of hydrogen-bond acceptors (Lipinski definition) is 3. The van der Waals surface area contributed by atoms with Crippen LogP contribution in [-0.4, -0.2) is 39.6 Å². The summed E-state index contributed by atoms with van der Waals surface area (Å²) in [4.78, 5) is 26.4. The molecule has 6 heteroatoms. The Balaban J connectivity index is 1.79. The minimum atomic E-state index is -0.298. The number of hydrogen-bond donors (Lipinski definition) is 1. The van der Waals surface area contributed by atoms with Gasteiger partial charge in [0.2, 0.25) is 5.91 Å². The zero-order valence-electron chi connectivity index (χ0n) is 15.4. The van der Waals surface area contributed by atoms with Crippen molar-refractivity contribution in [3.8, 4) is 0 Å². The molecule has 0 saturated carbocycles. The molecule has 2 heterocycles. The SMILES string of the molecule is C=CC(=O)Nc1cccc(C(=O)N2CC(c3cnn(C)c3)C(C)(C)C2)c1. The summed E-state index contributed by atoms with van der Waals surface area (Å²) < 4.78 is 1.79. The summed E-state index contributed by atoms with van der Waals surface area (Å²) in [6.45, 7) is 9.13. The number of carbonyl (C=O) groups excluding carboxylic acids is 2. The molecule has 1 unspecified atom stereocenters. The van der Waals surface area contributed by atoms with E-state index in [1.807, 2.05) is 24.3 Å². The second-order valence-corrected chi connectivity index (χ2v) is 7.45. The van der Waals surface area contributed by atoms with E-state index in [1.165, 1.54) is 6.08 Å². The quantitative estimate of drug-likeness (QED) is 0.861. The molecule has 0 aliphatic carbocycles. The van der Waals surface area contributed by atoms with Gasteiger partial charge in [0.15, 0.2) is 0 Å². The monoisotopic (exact) mass is 352 g/mol. The Labute approximate surface area is 153 Å². The van der Waals surface area contributed by atoms with Crippen molar-refractivity contribution in [1.82, 2.24) is 14.7 Å². The fraction of sp³-hybridized carbons (Fsp3) is 0.350. The fourth-order valence-corrected chi connectivity index (χ4v) is 3.57. The fourth-order valence-electron chi connectivity index (χ4n) is 3.57. The van der Waals surface area contributed by atoms with E-state index in [0.717, 1.165) is 5.56 Å². The topological polar surface area (TPSA) is 67.2 Å². The highest BCUT2D eigenvalue weighted by atomic mass is 16.2. The van der Waals surface area contributed by atoms with Crippen LogP contribution in [0.4, 0.5) is 5.69 Å². The van der Waals surface area contributed by atoms with E-state index < -0.39 is 0 Å². The Bertz CT molecular complexity index is 853. The van der Waals surface area contributed by atoms with Crippen LogP contribution in [0.3, 0.4) is 0 Å². The Kier molecular flexibility index (Phi) is 4.68. The van der Waals surface area contributed by atoms with E-state index >= 15 is 0 Å². The molecular formula is C20H24N4O2. The average molecular weight is 352 g/mol. The smallest absolute Gasteiger partial charge is 0.253 e. The number of likely N-dealkylation sites (tertiary alicyclic amines) is 1. The van der Waals surface area contributed by atoms with Crippen LogP contribution in [0.15, 0.2) is 49.3 Å². The van der Waals surface area contributed by atoms with Crippen LogP contribution < -0.4 is 5.32 Å². The van der Waals surface area contributed by atoms with Gasteiger partial charge in [0, 0.05) is 43.5 Å². The lowest BCUT2D eigenvalue weighted by atomic mass is 9.79. The van der Waals surface area contributed by atoms with Gasteiger partial charge in [0.05, 0.1) is 6.20 Å². The van der Waals surface area contributed by atoms with Gasteiger partial charge in [-0.2, -0.15) is 5.10 Å². The van der Waals surface area contributed by atoms with Gasteiger partial charge >= 0.3 is 0 Å². The molecule has 1 aliphatic heterocycles. The van der Waals surface area contributed by atoms with Crippen LogP contribution >= 0.6 is 0 Å². The zero-order chi connectivity index (χ0) is 18.9. The van der Waals surface area contributed by atoms with Crippen LogP contribution in [0.25, 0.3) is 0 Å². The number of nitrogens with zero attached hydrogens (tertiary/aromatic N) is 3. The molecule has 1 aromatic heterocycles. The third-order valence-corrected chi connectivity index (χ3v) is 4.92. The Morgan fingerprint density at radius 1 is 1.38 bits per heavy atom. The second kappa shape index (κ2) is 6.78. The first kappa shape index (κ1) is 17.9. The Morgan fingerprint density at radius 2 is 2.15 bits per heavy atom. The maximum Gasteiger partial charge on any atom is 0.253 e. The van der Waals surface area contributed by atoms with Crippen molar-refractivity contribution in [2.24, 2.45) is 12.5 Å². The molecule has 3 rings (SSSR count). The lowest BCUT2D eigenvalue weighted by molar-refractivity contribution is -0.111. The van der Waals surface area contributed by atoms with E-state index in [4.69, 9.17) is 0 Å². The van der Waals surface area contributed by atoms with Crippen molar-refractivity contribution in [2.45, 2.75) is 19.8 Å². The van der Waals surface area contributed by atoms with E-state index in [9.17, 15) is 9.59 Å². The predicted octanol–water partition coefficient (Wildman–Crippen LogP) is 2.81. The number of aromatic nitrogens is 2. The summed E-state index contributed by atoms with van der Waals surface area (Å²) in [6.07, 6.45) is 5.10. The van der Waals surface area contributed by atoms with Crippen LogP contribution in [0.1, 0.15) is 35.7 Å². The standard InChI is InChI=1S/C20H24N4O2/c1-5-18(25)22-16-8-6-7-14(9-16)19(26)24-12-17(20(2,3)13-24)15-10-21-23(4)11-15/h5-11,17H,1,12-13H2,2-4H3,(H,22,25). The third kappa shape index (κ3) is 3.54.